The Morgan fingerprint density at radius 1 is 1.60 bits per heavy atom. The Hall–Kier alpha value is -2.66. The van der Waals surface area contributed by atoms with Crippen molar-refractivity contribution in [3.63, 3.8) is 0 Å². The number of amides is 1. The highest BCUT2D eigenvalue weighted by atomic mass is 16.6. The Balaban J connectivity index is 2.41. The average molecular weight is 275 g/mol. The van der Waals surface area contributed by atoms with E-state index in [1.807, 2.05) is 0 Å². The normalized spacial score (nSPS) is 18.4. The maximum atomic E-state index is 11.4. The summed E-state index contributed by atoms with van der Waals surface area (Å²) >= 11 is 0. The molecule has 1 heterocycles. The van der Waals surface area contributed by atoms with E-state index in [0.717, 1.165) is 0 Å². The number of nitrogens with two attached hydrogens (primary N) is 1. The second-order valence-electron chi connectivity index (χ2n) is 4.39. The van der Waals surface area contributed by atoms with E-state index in [1.54, 1.807) is 17.0 Å². The first-order valence-corrected chi connectivity index (χ1v) is 6.00. The maximum Gasteiger partial charge on any atom is 0.289 e. The summed E-state index contributed by atoms with van der Waals surface area (Å²) in [7, 11) is 0. The third kappa shape index (κ3) is 2.53. The minimum Gasteiger partial charge on any atom is -0.368 e. The fraction of sp³-hybridized carbons (Fsp3) is 0.333. The first-order valence-electron chi connectivity index (χ1n) is 6.00. The molecule has 1 aromatic rings. The number of nitrogens with one attached hydrogen (secondary N) is 1. The highest BCUT2D eigenvalue weighted by molar-refractivity contribution is 5.84. The molecular formula is C12H13N5O3. The predicted octanol–water partition coefficient (Wildman–Crippen LogP) is -0.270. The summed E-state index contributed by atoms with van der Waals surface area (Å²) in [5.41, 5.74) is 5.58. The monoisotopic (exact) mass is 275 g/mol. The summed E-state index contributed by atoms with van der Waals surface area (Å²) in [6.45, 7) is 1.55. The van der Waals surface area contributed by atoms with Crippen LogP contribution in [-0.2, 0) is 4.79 Å². The molecule has 20 heavy (non-hydrogen) atoms. The van der Waals surface area contributed by atoms with E-state index in [0.29, 0.717) is 25.3 Å². The lowest BCUT2D eigenvalue weighted by molar-refractivity contribution is -0.385. The van der Waals surface area contributed by atoms with Crippen LogP contribution in [0.3, 0.4) is 0 Å². The number of nitro groups is 1. The molecular weight excluding hydrogens is 262 g/mol. The molecule has 1 unspecified atom stereocenters. The van der Waals surface area contributed by atoms with Gasteiger partial charge in [0.15, 0.2) is 0 Å². The van der Waals surface area contributed by atoms with Crippen molar-refractivity contribution in [2.24, 2.45) is 5.73 Å². The van der Waals surface area contributed by atoms with Crippen LogP contribution >= 0.6 is 0 Å². The van der Waals surface area contributed by atoms with Gasteiger partial charge in [0.2, 0.25) is 5.91 Å². The largest absolute Gasteiger partial charge is 0.368 e. The van der Waals surface area contributed by atoms with Crippen LogP contribution in [0.2, 0.25) is 0 Å². The molecule has 1 aromatic carbocycles. The first kappa shape index (κ1) is 13.8. The zero-order valence-corrected chi connectivity index (χ0v) is 10.6. The van der Waals surface area contributed by atoms with Crippen LogP contribution in [-0.4, -0.2) is 36.5 Å². The third-order valence-corrected chi connectivity index (χ3v) is 3.20. The molecule has 8 heteroatoms. The molecule has 8 nitrogen and oxygen atoms in total. The fourth-order valence-electron chi connectivity index (χ4n) is 2.21. The van der Waals surface area contributed by atoms with Crippen LogP contribution in [0.4, 0.5) is 11.4 Å². The van der Waals surface area contributed by atoms with Crippen molar-refractivity contribution in [1.29, 1.82) is 5.26 Å². The van der Waals surface area contributed by atoms with Crippen molar-refractivity contribution < 1.29 is 9.72 Å². The Morgan fingerprint density at radius 3 is 2.95 bits per heavy atom. The number of nitriles is 1. The van der Waals surface area contributed by atoms with E-state index in [1.165, 1.54) is 12.1 Å². The molecule has 0 aromatic heterocycles. The van der Waals surface area contributed by atoms with Crippen molar-refractivity contribution in [3.8, 4) is 6.07 Å². The van der Waals surface area contributed by atoms with Gasteiger partial charge >= 0.3 is 0 Å². The van der Waals surface area contributed by atoms with E-state index in [4.69, 9.17) is 11.0 Å². The third-order valence-electron chi connectivity index (χ3n) is 3.20. The lowest BCUT2D eigenvalue weighted by atomic mass is 10.1. The zero-order valence-electron chi connectivity index (χ0n) is 10.6. The number of piperazine rings is 1. The summed E-state index contributed by atoms with van der Waals surface area (Å²) in [6.07, 6.45) is 0. The Bertz CT molecular complexity index is 595. The van der Waals surface area contributed by atoms with E-state index in [2.05, 4.69) is 5.32 Å². The molecule has 1 aliphatic heterocycles. The van der Waals surface area contributed by atoms with Gasteiger partial charge in [0.25, 0.3) is 5.69 Å². The van der Waals surface area contributed by atoms with Crippen LogP contribution in [0.5, 0.6) is 0 Å². The number of hydrogen-bond donors (Lipinski definition) is 2. The molecule has 1 atom stereocenters. The number of carbonyl (C=O) groups excluding carboxylic acids is 1. The lowest BCUT2D eigenvalue weighted by Gasteiger charge is -2.35. The number of rotatable bonds is 3. The van der Waals surface area contributed by atoms with E-state index >= 15 is 0 Å². The van der Waals surface area contributed by atoms with Crippen LogP contribution in [0.1, 0.15) is 5.56 Å². The summed E-state index contributed by atoms with van der Waals surface area (Å²) in [4.78, 5) is 23.5. The topological polar surface area (TPSA) is 125 Å². The molecule has 0 spiro atoms. The first-order chi connectivity index (χ1) is 9.54. The van der Waals surface area contributed by atoms with Crippen molar-refractivity contribution in [1.82, 2.24) is 5.32 Å². The van der Waals surface area contributed by atoms with Gasteiger partial charge < -0.3 is 16.0 Å². The van der Waals surface area contributed by atoms with Crippen molar-refractivity contribution in [2.75, 3.05) is 24.5 Å². The smallest absolute Gasteiger partial charge is 0.289 e. The van der Waals surface area contributed by atoms with E-state index in [9.17, 15) is 14.9 Å². The summed E-state index contributed by atoms with van der Waals surface area (Å²) in [5, 5.41) is 22.9. The lowest BCUT2D eigenvalue weighted by Crippen LogP contribution is -2.57. The molecule has 0 bridgehead atoms. The molecule has 1 aliphatic rings. The minimum absolute atomic E-state index is 0.00971. The number of hydrogen-bond acceptors (Lipinski definition) is 6. The van der Waals surface area contributed by atoms with Gasteiger partial charge in [-0.2, -0.15) is 5.26 Å². The van der Waals surface area contributed by atoms with Crippen LogP contribution in [0.15, 0.2) is 18.2 Å². The predicted molar refractivity (Wildman–Crippen MR) is 71.0 cm³/mol. The number of anilines is 1. The number of benzene rings is 1. The molecule has 0 aliphatic carbocycles. The summed E-state index contributed by atoms with van der Waals surface area (Å²) in [6, 6.07) is 5.50. The molecule has 1 fully saturated rings. The Kier molecular flexibility index (Phi) is 3.81. The average Bonchev–Trinajstić information content (AvgIpc) is 2.46. The molecule has 2 rings (SSSR count). The molecule has 0 radical (unpaired) electrons. The SMILES string of the molecule is N#Cc1ccc(N2CCNCC2C(N)=O)cc1[N+](=O)[O-]. The van der Waals surface area contributed by atoms with Crippen LogP contribution in [0.25, 0.3) is 0 Å². The standard InChI is InChI=1S/C12H13N5O3/c13-6-8-1-2-9(5-10(8)17(19)20)16-4-3-15-7-11(16)12(14)18/h1-2,5,11,15H,3-4,7H2,(H2,14,18). The maximum absolute atomic E-state index is 11.4. The minimum atomic E-state index is -0.608. The number of primary amides is 1. The number of nitrogens with zero attached hydrogens (tertiary/aromatic N) is 3. The van der Waals surface area contributed by atoms with Gasteiger partial charge in [-0.3, -0.25) is 14.9 Å². The molecule has 104 valence electrons. The highest BCUT2D eigenvalue weighted by Crippen LogP contribution is 2.26. The van der Waals surface area contributed by atoms with Gasteiger partial charge in [-0.15, -0.1) is 0 Å². The summed E-state index contributed by atoms with van der Waals surface area (Å²) < 4.78 is 0. The molecule has 0 saturated carbocycles. The van der Waals surface area contributed by atoms with E-state index < -0.39 is 16.9 Å². The van der Waals surface area contributed by atoms with Crippen LogP contribution < -0.4 is 16.0 Å². The van der Waals surface area contributed by atoms with Crippen LogP contribution in [0, 0.1) is 21.4 Å². The second-order valence-corrected chi connectivity index (χ2v) is 4.39. The number of nitro benzene ring substituents is 1. The molecule has 1 saturated heterocycles. The van der Waals surface area contributed by atoms with Gasteiger partial charge in [-0.25, -0.2) is 0 Å². The van der Waals surface area contributed by atoms with Gasteiger partial charge in [0.05, 0.1) is 4.92 Å². The van der Waals surface area contributed by atoms with Gasteiger partial charge in [-0.05, 0) is 12.1 Å². The Morgan fingerprint density at radius 2 is 2.35 bits per heavy atom. The van der Waals surface area contributed by atoms with Crippen molar-refractivity contribution in [3.05, 3.63) is 33.9 Å². The van der Waals surface area contributed by atoms with Crippen molar-refractivity contribution in [2.45, 2.75) is 6.04 Å². The van der Waals surface area contributed by atoms with Crippen molar-refractivity contribution >= 4 is 17.3 Å². The zero-order chi connectivity index (χ0) is 14.7. The second kappa shape index (κ2) is 5.54. The summed E-state index contributed by atoms with van der Waals surface area (Å²) in [5.74, 6) is -0.496. The van der Waals surface area contributed by atoms with Gasteiger partial charge in [-0.1, -0.05) is 0 Å². The molecule has 1 amide bonds. The number of carbonyl (C=O) groups is 1. The van der Waals surface area contributed by atoms with Gasteiger partial charge in [0.1, 0.15) is 17.7 Å². The molecule has 3 N–H and O–H groups in total. The highest BCUT2D eigenvalue weighted by Gasteiger charge is 2.28. The Labute approximate surface area is 114 Å². The quantitative estimate of drug-likeness (QED) is 0.577. The fourth-order valence-corrected chi connectivity index (χ4v) is 2.21. The van der Waals surface area contributed by atoms with Gasteiger partial charge in [0, 0.05) is 31.4 Å². The van der Waals surface area contributed by atoms with E-state index in [-0.39, 0.29) is 11.3 Å².